The fourth-order valence-electron chi connectivity index (χ4n) is 4.70. The zero-order chi connectivity index (χ0) is 17.8. The van der Waals surface area contributed by atoms with Gasteiger partial charge in [0.1, 0.15) is 11.7 Å². The second-order valence-electron chi connectivity index (χ2n) is 7.97. The number of hydrogen-bond acceptors (Lipinski definition) is 3. The molecule has 0 saturated carbocycles. The first-order valence-electron chi connectivity index (χ1n) is 9.98. The summed E-state index contributed by atoms with van der Waals surface area (Å²) in [7, 11) is 0. The van der Waals surface area contributed by atoms with Crippen molar-refractivity contribution >= 4 is 5.97 Å². The predicted molar refractivity (Wildman–Crippen MR) is 97.9 cm³/mol. The molecule has 2 saturated heterocycles. The molecule has 2 aliphatic rings. The highest BCUT2D eigenvalue weighted by atomic mass is 16.6. The Labute approximate surface area is 148 Å². The molecule has 138 valence electrons. The first-order valence-corrected chi connectivity index (χ1v) is 9.98. The molecule has 3 nitrogen and oxygen atoms in total. The average molecular weight is 337 g/mol. The number of ether oxygens (including phenoxy) is 2. The number of esters is 1. The summed E-state index contributed by atoms with van der Waals surface area (Å²) >= 11 is 0. The van der Waals surface area contributed by atoms with Gasteiger partial charge in [-0.3, -0.25) is 4.79 Å². The lowest BCUT2D eigenvalue weighted by Crippen LogP contribution is -2.36. The standard InChI is InChI=1S/C21H36O3/c1-6-10-11-17(7-2)12-16(5)14-20(8-3)15-21(9-4)18(23-20)13-19(22)24-21/h10-11,16-18H,6-9,12-15H2,1-5H3/b11-10+/t16?,17?,18-,20-,21-/m1/s1. The Morgan fingerprint density at radius 2 is 2.00 bits per heavy atom. The Bertz CT molecular complexity index is 458. The number of hydrogen-bond donors (Lipinski definition) is 0. The van der Waals surface area contributed by atoms with Gasteiger partial charge in [0.25, 0.3) is 0 Å². The van der Waals surface area contributed by atoms with Gasteiger partial charge in [-0.05, 0) is 50.4 Å². The molecule has 0 aromatic heterocycles. The second-order valence-corrected chi connectivity index (χ2v) is 7.97. The third-order valence-electron chi connectivity index (χ3n) is 6.11. The molecule has 24 heavy (non-hydrogen) atoms. The Hall–Kier alpha value is -0.830. The maximum atomic E-state index is 11.7. The summed E-state index contributed by atoms with van der Waals surface area (Å²) in [5.41, 5.74) is -0.480. The van der Waals surface area contributed by atoms with E-state index in [9.17, 15) is 4.79 Å². The van der Waals surface area contributed by atoms with Crippen LogP contribution in [0.4, 0.5) is 0 Å². The van der Waals surface area contributed by atoms with E-state index in [1.54, 1.807) is 0 Å². The molecule has 0 bridgehead atoms. The largest absolute Gasteiger partial charge is 0.456 e. The van der Waals surface area contributed by atoms with Crippen molar-refractivity contribution in [2.24, 2.45) is 11.8 Å². The van der Waals surface area contributed by atoms with Crippen molar-refractivity contribution < 1.29 is 14.3 Å². The highest BCUT2D eigenvalue weighted by Gasteiger charge is 2.60. The van der Waals surface area contributed by atoms with Gasteiger partial charge in [-0.15, -0.1) is 0 Å². The van der Waals surface area contributed by atoms with E-state index in [1.807, 2.05) is 0 Å². The van der Waals surface area contributed by atoms with E-state index in [2.05, 4.69) is 46.8 Å². The third-order valence-corrected chi connectivity index (χ3v) is 6.11. The Balaban J connectivity index is 2.02. The Morgan fingerprint density at radius 1 is 1.25 bits per heavy atom. The molecule has 0 aromatic carbocycles. The SMILES string of the molecule is CC/C=C/C(CC)CC(C)C[C@]1(CC)C[C@@]2(CC)OC(=O)C[C@H]2O1. The van der Waals surface area contributed by atoms with Crippen molar-refractivity contribution in [2.45, 2.75) is 103 Å². The summed E-state index contributed by atoms with van der Waals surface area (Å²) in [5, 5.41) is 0. The van der Waals surface area contributed by atoms with Crippen LogP contribution in [0.1, 0.15) is 86.0 Å². The van der Waals surface area contributed by atoms with E-state index >= 15 is 0 Å². The number of allylic oxidation sites excluding steroid dienone is 2. The molecule has 2 aliphatic heterocycles. The number of carbonyl (C=O) groups excluding carboxylic acids is 1. The van der Waals surface area contributed by atoms with Crippen LogP contribution >= 0.6 is 0 Å². The summed E-state index contributed by atoms with van der Waals surface area (Å²) in [4.78, 5) is 11.7. The van der Waals surface area contributed by atoms with Crippen molar-refractivity contribution in [1.29, 1.82) is 0 Å². The Kier molecular flexibility index (Phi) is 6.52. The van der Waals surface area contributed by atoms with Crippen molar-refractivity contribution in [2.75, 3.05) is 0 Å². The minimum atomic E-state index is -0.362. The lowest BCUT2D eigenvalue weighted by Gasteiger charge is -2.33. The van der Waals surface area contributed by atoms with Gasteiger partial charge in [0.15, 0.2) is 0 Å². The van der Waals surface area contributed by atoms with Gasteiger partial charge in [0, 0.05) is 6.42 Å². The molecular weight excluding hydrogens is 300 g/mol. The Morgan fingerprint density at radius 3 is 2.54 bits per heavy atom. The van der Waals surface area contributed by atoms with Crippen LogP contribution in [-0.2, 0) is 14.3 Å². The lowest BCUT2D eigenvalue weighted by atomic mass is 9.78. The molecule has 0 aromatic rings. The zero-order valence-electron chi connectivity index (χ0n) is 16.3. The van der Waals surface area contributed by atoms with E-state index in [0.29, 0.717) is 18.3 Å². The number of carbonyl (C=O) groups is 1. The predicted octanol–water partition coefficient (Wildman–Crippen LogP) is 5.43. The van der Waals surface area contributed by atoms with Gasteiger partial charge in [-0.1, -0.05) is 46.8 Å². The maximum absolute atomic E-state index is 11.7. The highest BCUT2D eigenvalue weighted by Crippen LogP contribution is 2.51. The normalized spacial score (nSPS) is 35.2. The van der Waals surface area contributed by atoms with E-state index < -0.39 is 0 Å². The molecule has 3 heteroatoms. The van der Waals surface area contributed by atoms with Crippen LogP contribution < -0.4 is 0 Å². The van der Waals surface area contributed by atoms with Crippen molar-refractivity contribution in [3.8, 4) is 0 Å². The van der Waals surface area contributed by atoms with Crippen LogP contribution in [0.25, 0.3) is 0 Å². The molecule has 0 N–H and O–H groups in total. The van der Waals surface area contributed by atoms with Gasteiger partial charge in [0.2, 0.25) is 0 Å². The monoisotopic (exact) mass is 336 g/mol. The third kappa shape index (κ3) is 4.04. The lowest BCUT2D eigenvalue weighted by molar-refractivity contribution is -0.149. The van der Waals surface area contributed by atoms with Gasteiger partial charge < -0.3 is 9.47 Å². The van der Waals surface area contributed by atoms with Crippen LogP contribution in [0.2, 0.25) is 0 Å². The van der Waals surface area contributed by atoms with Crippen LogP contribution in [0.15, 0.2) is 12.2 Å². The molecule has 5 atom stereocenters. The molecule has 0 aliphatic carbocycles. The summed E-state index contributed by atoms with van der Waals surface area (Å²) in [5.74, 6) is 1.18. The number of fused-ring (bicyclic) bond motifs is 1. The molecule has 2 fully saturated rings. The van der Waals surface area contributed by atoms with Crippen molar-refractivity contribution in [3.05, 3.63) is 12.2 Å². The van der Waals surface area contributed by atoms with Crippen LogP contribution in [0.5, 0.6) is 0 Å². The van der Waals surface area contributed by atoms with Crippen LogP contribution in [0.3, 0.4) is 0 Å². The quantitative estimate of drug-likeness (QED) is 0.416. The van der Waals surface area contributed by atoms with Crippen molar-refractivity contribution in [1.82, 2.24) is 0 Å². The molecular formula is C21H36O3. The average Bonchev–Trinajstić information content (AvgIpc) is 3.01. The van der Waals surface area contributed by atoms with E-state index in [-0.39, 0.29) is 23.3 Å². The van der Waals surface area contributed by atoms with E-state index in [0.717, 1.165) is 32.1 Å². The minimum absolute atomic E-state index is 0.0379. The molecule has 0 radical (unpaired) electrons. The summed E-state index contributed by atoms with van der Waals surface area (Å²) in [6.07, 6.45) is 12.4. The smallest absolute Gasteiger partial charge is 0.309 e. The fraction of sp³-hybridized carbons (Fsp3) is 0.857. The van der Waals surface area contributed by atoms with Crippen molar-refractivity contribution in [3.63, 3.8) is 0 Å². The van der Waals surface area contributed by atoms with Crippen LogP contribution in [0, 0.1) is 11.8 Å². The topological polar surface area (TPSA) is 35.5 Å². The molecule has 2 heterocycles. The van der Waals surface area contributed by atoms with Gasteiger partial charge in [-0.25, -0.2) is 0 Å². The summed E-state index contributed by atoms with van der Waals surface area (Å²) in [6.45, 7) is 11.1. The van der Waals surface area contributed by atoms with Gasteiger partial charge in [-0.2, -0.15) is 0 Å². The fourth-order valence-corrected chi connectivity index (χ4v) is 4.70. The van der Waals surface area contributed by atoms with E-state index in [4.69, 9.17) is 9.47 Å². The first kappa shape index (κ1) is 19.5. The number of rotatable bonds is 9. The molecule has 0 amide bonds. The molecule has 0 spiro atoms. The first-order chi connectivity index (χ1) is 11.4. The molecule has 2 rings (SSSR count). The van der Waals surface area contributed by atoms with Gasteiger partial charge >= 0.3 is 5.97 Å². The molecule has 2 unspecified atom stereocenters. The van der Waals surface area contributed by atoms with E-state index in [1.165, 1.54) is 12.8 Å². The summed E-state index contributed by atoms with van der Waals surface area (Å²) in [6, 6.07) is 0. The minimum Gasteiger partial charge on any atom is -0.456 e. The maximum Gasteiger partial charge on any atom is 0.309 e. The summed E-state index contributed by atoms with van der Waals surface area (Å²) < 4.78 is 12.2. The highest BCUT2D eigenvalue weighted by molar-refractivity contribution is 5.73. The van der Waals surface area contributed by atoms with Crippen LogP contribution in [-0.4, -0.2) is 23.3 Å². The second kappa shape index (κ2) is 8.03. The van der Waals surface area contributed by atoms with Gasteiger partial charge in [0.05, 0.1) is 12.0 Å². The zero-order valence-corrected chi connectivity index (χ0v) is 16.3.